The molecule has 2 aliphatic rings. The Morgan fingerprint density at radius 3 is 2.66 bits per heavy atom. The fraction of sp³-hybridized carbons (Fsp3) is 0.417. The largest absolute Gasteiger partial charge is 0.493 e. The summed E-state index contributed by atoms with van der Waals surface area (Å²) in [5, 5.41) is 2.33. The molecule has 1 N–H and O–H groups in total. The van der Waals surface area contributed by atoms with Crippen molar-refractivity contribution < 1.29 is 27.8 Å². The van der Waals surface area contributed by atoms with Gasteiger partial charge in [0, 0.05) is 6.54 Å². The summed E-state index contributed by atoms with van der Waals surface area (Å²) >= 11 is 0. The number of ether oxygens (including phenoxy) is 2. The molecule has 1 aliphatic heterocycles. The van der Waals surface area contributed by atoms with Crippen LogP contribution < -0.4 is 14.8 Å². The minimum absolute atomic E-state index is 0.154. The van der Waals surface area contributed by atoms with E-state index in [9.17, 15) is 18.4 Å². The first-order valence-corrected chi connectivity index (χ1v) is 10.8. The average Bonchev–Trinajstić information content (AvgIpc) is 3.41. The third kappa shape index (κ3) is 4.69. The molecule has 1 saturated heterocycles. The predicted molar refractivity (Wildman–Crippen MR) is 115 cm³/mol. The van der Waals surface area contributed by atoms with Crippen molar-refractivity contribution in [1.29, 1.82) is 0 Å². The van der Waals surface area contributed by atoms with Crippen molar-refractivity contribution in [2.45, 2.75) is 44.1 Å². The summed E-state index contributed by atoms with van der Waals surface area (Å²) in [4.78, 5) is 26.7. The summed E-state index contributed by atoms with van der Waals surface area (Å²) < 4.78 is 38.7. The lowest BCUT2D eigenvalue weighted by Crippen LogP contribution is -2.35. The lowest BCUT2D eigenvalue weighted by Gasteiger charge is -2.19. The van der Waals surface area contributed by atoms with Gasteiger partial charge in [-0.1, -0.05) is 12.1 Å². The van der Waals surface area contributed by atoms with Crippen LogP contribution in [0.5, 0.6) is 11.5 Å². The van der Waals surface area contributed by atoms with E-state index < -0.39 is 23.5 Å². The molecule has 2 amide bonds. The number of carbonyl (C=O) groups excluding carboxylic acids is 2. The number of nitrogens with zero attached hydrogens (tertiary/aromatic N) is 1. The minimum Gasteiger partial charge on any atom is -0.493 e. The second-order valence-electron chi connectivity index (χ2n) is 8.19. The molecule has 0 bridgehead atoms. The second-order valence-corrected chi connectivity index (χ2v) is 8.19. The summed E-state index contributed by atoms with van der Waals surface area (Å²) in [5.41, 5.74) is 0.560. The Balaban J connectivity index is 1.42. The first-order valence-electron chi connectivity index (χ1n) is 10.8. The second kappa shape index (κ2) is 9.54. The van der Waals surface area contributed by atoms with Gasteiger partial charge in [-0.3, -0.25) is 9.59 Å². The van der Waals surface area contributed by atoms with Crippen molar-refractivity contribution in [2.75, 3.05) is 25.5 Å². The Bertz CT molecular complexity index is 1010. The molecule has 32 heavy (non-hydrogen) atoms. The molecule has 0 aromatic heterocycles. The van der Waals surface area contributed by atoms with Crippen LogP contribution in [0.1, 0.15) is 43.6 Å². The number of carbonyl (C=O) groups is 2. The minimum atomic E-state index is -1.13. The Morgan fingerprint density at radius 1 is 1.12 bits per heavy atom. The number of methoxy groups -OCH3 is 1. The van der Waals surface area contributed by atoms with E-state index in [1.54, 1.807) is 13.2 Å². The van der Waals surface area contributed by atoms with Crippen LogP contribution in [0.25, 0.3) is 0 Å². The van der Waals surface area contributed by atoms with Crippen molar-refractivity contribution in [1.82, 2.24) is 4.90 Å². The maximum absolute atomic E-state index is 13.8. The number of anilines is 1. The quantitative estimate of drug-likeness (QED) is 0.693. The zero-order valence-corrected chi connectivity index (χ0v) is 17.9. The van der Waals surface area contributed by atoms with E-state index in [2.05, 4.69) is 5.32 Å². The van der Waals surface area contributed by atoms with Crippen LogP contribution in [0.2, 0.25) is 0 Å². The summed E-state index contributed by atoms with van der Waals surface area (Å²) in [5.74, 6) is -2.08. The van der Waals surface area contributed by atoms with E-state index in [4.69, 9.17) is 9.47 Å². The van der Waals surface area contributed by atoms with Gasteiger partial charge in [0.05, 0.1) is 31.4 Å². The predicted octanol–water partition coefficient (Wildman–Crippen LogP) is 4.25. The lowest BCUT2D eigenvalue weighted by atomic mass is 9.97. The molecule has 4 rings (SSSR count). The van der Waals surface area contributed by atoms with E-state index in [0.29, 0.717) is 24.5 Å². The molecule has 2 aromatic rings. The third-order valence-electron chi connectivity index (χ3n) is 6.04. The van der Waals surface area contributed by atoms with Crippen molar-refractivity contribution in [3.63, 3.8) is 0 Å². The molecule has 2 aromatic carbocycles. The summed E-state index contributed by atoms with van der Waals surface area (Å²) in [7, 11) is 1.58. The highest BCUT2D eigenvalue weighted by Gasteiger charge is 2.34. The molecule has 2 fully saturated rings. The van der Waals surface area contributed by atoms with Crippen LogP contribution in [0.15, 0.2) is 36.4 Å². The van der Waals surface area contributed by atoms with E-state index in [0.717, 1.165) is 37.3 Å². The van der Waals surface area contributed by atoms with Crippen molar-refractivity contribution in [3.8, 4) is 11.5 Å². The van der Waals surface area contributed by atoms with Gasteiger partial charge in [-0.05, 0) is 61.9 Å². The number of nitrogens with one attached hydrogen (secondary N) is 1. The fourth-order valence-electron chi connectivity index (χ4n) is 4.36. The molecule has 8 heteroatoms. The number of amides is 2. The van der Waals surface area contributed by atoms with Gasteiger partial charge in [-0.25, -0.2) is 8.78 Å². The SMILES string of the molecule is COc1ccc(C2CCN(CC(=O)Nc3cccc(F)c3F)C2=O)cc1OC1CCCC1. The van der Waals surface area contributed by atoms with Crippen LogP contribution >= 0.6 is 0 Å². The molecule has 1 heterocycles. The molecule has 0 spiro atoms. The Kier molecular flexibility index (Phi) is 6.58. The van der Waals surface area contributed by atoms with Gasteiger partial charge in [-0.2, -0.15) is 0 Å². The molecule has 1 aliphatic carbocycles. The van der Waals surface area contributed by atoms with Gasteiger partial charge in [0.2, 0.25) is 11.8 Å². The fourth-order valence-corrected chi connectivity index (χ4v) is 4.36. The van der Waals surface area contributed by atoms with Crippen LogP contribution in [0.3, 0.4) is 0 Å². The monoisotopic (exact) mass is 444 g/mol. The van der Waals surface area contributed by atoms with Gasteiger partial charge < -0.3 is 19.7 Å². The zero-order chi connectivity index (χ0) is 22.7. The molecule has 0 radical (unpaired) electrons. The number of hydrogen-bond donors (Lipinski definition) is 1. The Hall–Kier alpha value is -3.16. The maximum Gasteiger partial charge on any atom is 0.244 e. The van der Waals surface area contributed by atoms with Crippen LogP contribution in [-0.4, -0.2) is 43.0 Å². The number of benzene rings is 2. The molecule has 170 valence electrons. The van der Waals surface area contributed by atoms with Gasteiger partial charge in [0.15, 0.2) is 23.1 Å². The molecule has 1 saturated carbocycles. The molecule has 6 nitrogen and oxygen atoms in total. The van der Waals surface area contributed by atoms with E-state index in [-0.39, 0.29) is 24.2 Å². The number of halogens is 2. The molecular weight excluding hydrogens is 418 g/mol. The Morgan fingerprint density at radius 2 is 1.91 bits per heavy atom. The van der Waals surface area contributed by atoms with Crippen molar-refractivity contribution in [2.24, 2.45) is 0 Å². The van der Waals surface area contributed by atoms with Gasteiger partial charge in [-0.15, -0.1) is 0 Å². The normalized spacial score (nSPS) is 18.8. The van der Waals surface area contributed by atoms with E-state index >= 15 is 0 Å². The van der Waals surface area contributed by atoms with Crippen molar-refractivity contribution in [3.05, 3.63) is 53.6 Å². The molecular formula is C24H26F2N2O4. The van der Waals surface area contributed by atoms with E-state index in [1.807, 2.05) is 12.1 Å². The number of hydrogen-bond acceptors (Lipinski definition) is 4. The van der Waals surface area contributed by atoms with Crippen LogP contribution in [-0.2, 0) is 9.59 Å². The smallest absolute Gasteiger partial charge is 0.244 e. The van der Waals surface area contributed by atoms with Gasteiger partial charge in [0.25, 0.3) is 0 Å². The maximum atomic E-state index is 13.8. The number of rotatable bonds is 7. The zero-order valence-electron chi connectivity index (χ0n) is 17.9. The Labute approximate surface area is 185 Å². The highest BCUT2D eigenvalue weighted by Crippen LogP contribution is 2.37. The molecule has 1 atom stereocenters. The van der Waals surface area contributed by atoms with Crippen LogP contribution in [0, 0.1) is 11.6 Å². The summed E-state index contributed by atoms with van der Waals surface area (Å²) in [6.07, 6.45) is 5.00. The summed E-state index contributed by atoms with van der Waals surface area (Å²) in [6, 6.07) is 9.04. The molecule has 1 unspecified atom stereocenters. The first kappa shape index (κ1) is 22.0. The van der Waals surface area contributed by atoms with Crippen LogP contribution in [0.4, 0.5) is 14.5 Å². The first-order chi connectivity index (χ1) is 15.5. The third-order valence-corrected chi connectivity index (χ3v) is 6.04. The van der Waals surface area contributed by atoms with E-state index in [1.165, 1.54) is 17.0 Å². The standard InChI is InChI=1S/C24H26F2N2O4/c1-31-20-10-9-15(13-21(20)32-16-5-2-3-6-16)17-11-12-28(24(17)30)14-22(29)27-19-8-4-7-18(25)23(19)26/h4,7-10,13,16-17H,2-3,5-6,11-12,14H2,1H3,(H,27,29). The highest BCUT2D eigenvalue weighted by molar-refractivity contribution is 5.96. The number of likely N-dealkylation sites (tertiary alicyclic amines) is 1. The van der Waals surface area contributed by atoms with Gasteiger partial charge >= 0.3 is 0 Å². The van der Waals surface area contributed by atoms with Crippen molar-refractivity contribution >= 4 is 17.5 Å². The van der Waals surface area contributed by atoms with Gasteiger partial charge in [0.1, 0.15) is 0 Å². The lowest BCUT2D eigenvalue weighted by molar-refractivity contribution is -0.132. The average molecular weight is 444 g/mol. The summed E-state index contributed by atoms with van der Waals surface area (Å²) in [6.45, 7) is 0.167. The highest BCUT2D eigenvalue weighted by atomic mass is 19.2. The topological polar surface area (TPSA) is 67.9 Å².